The van der Waals surface area contributed by atoms with Crippen LogP contribution in [0.4, 0.5) is 0 Å². The number of nitrogens with one attached hydrogen (secondary N) is 1. The highest BCUT2D eigenvalue weighted by molar-refractivity contribution is 7.88. The summed E-state index contributed by atoms with van der Waals surface area (Å²) in [5, 5.41) is 1.37. The van der Waals surface area contributed by atoms with Crippen molar-refractivity contribution in [3.05, 3.63) is 66.2 Å². The third-order valence-corrected chi connectivity index (χ3v) is 5.20. The summed E-state index contributed by atoms with van der Waals surface area (Å²) in [5.74, 6) is -0.777. The molecule has 1 heterocycles. The Morgan fingerprint density at radius 3 is 2.18 bits per heavy atom. The molecule has 0 radical (unpaired) electrons. The maximum absolute atomic E-state index is 12.5. The highest BCUT2D eigenvalue weighted by Gasteiger charge is 2.46. The Labute approximate surface area is 129 Å². The molecule has 1 saturated heterocycles. The topological polar surface area (TPSA) is 72.5 Å². The Morgan fingerprint density at radius 1 is 0.955 bits per heavy atom. The molecule has 0 aliphatic carbocycles. The minimum Gasteiger partial charge on any atom is -0.382 e. The van der Waals surface area contributed by atoms with Crippen LogP contribution in [0, 0.1) is 0 Å². The third kappa shape index (κ3) is 2.82. The van der Waals surface area contributed by atoms with E-state index < -0.39 is 27.2 Å². The molecule has 2 aromatic carbocycles. The Balaban J connectivity index is 1.92. The van der Waals surface area contributed by atoms with Gasteiger partial charge >= 0.3 is 10.1 Å². The Morgan fingerprint density at radius 2 is 1.55 bits per heavy atom. The van der Waals surface area contributed by atoms with E-state index in [2.05, 4.69) is 5.32 Å². The van der Waals surface area contributed by atoms with Crippen molar-refractivity contribution in [3.8, 4) is 5.75 Å². The number of para-hydroxylation sites is 1. The van der Waals surface area contributed by atoms with Crippen molar-refractivity contribution in [3.63, 3.8) is 0 Å². The second-order valence-electron chi connectivity index (χ2n) is 5.07. The van der Waals surface area contributed by atoms with E-state index in [9.17, 15) is 13.2 Å². The molecule has 5 nitrogen and oxygen atoms in total. The zero-order chi connectivity index (χ0) is 15.6. The lowest BCUT2D eigenvalue weighted by Gasteiger charge is -2.17. The highest BCUT2D eigenvalue weighted by atomic mass is 32.2. The molecule has 1 aliphatic rings. The minimum absolute atomic E-state index is 0.203. The summed E-state index contributed by atoms with van der Waals surface area (Å²) in [4.78, 5) is 12.0. The minimum atomic E-state index is -4.07. The van der Waals surface area contributed by atoms with Gasteiger partial charge in [-0.25, -0.2) is 0 Å². The van der Waals surface area contributed by atoms with Crippen LogP contribution in [-0.2, 0) is 14.9 Å². The van der Waals surface area contributed by atoms with E-state index in [1.807, 2.05) is 30.3 Å². The first-order chi connectivity index (χ1) is 10.6. The van der Waals surface area contributed by atoms with Gasteiger partial charge < -0.3 is 9.50 Å². The van der Waals surface area contributed by atoms with Crippen LogP contribution in [0.1, 0.15) is 11.5 Å². The number of amides is 1. The summed E-state index contributed by atoms with van der Waals surface area (Å²) in [5.41, 5.74) is 0.797. The molecule has 0 aromatic heterocycles. The van der Waals surface area contributed by atoms with Gasteiger partial charge in [0.15, 0.2) is 5.25 Å². The molecule has 114 valence electrons. The molecule has 3 rings (SSSR count). The van der Waals surface area contributed by atoms with Crippen molar-refractivity contribution >= 4 is 16.0 Å². The summed E-state index contributed by atoms with van der Waals surface area (Å²) in [7, 11) is -4.07. The first kappa shape index (κ1) is 14.6. The summed E-state index contributed by atoms with van der Waals surface area (Å²) >= 11 is 0. The summed E-state index contributed by atoms with van der Waals surface area (Å²) in [6.45, 7) is 0.283. The molecule has 2 atom stereocenters. The molecule has 1 aliphatic heterocycles. The van der Waals surface area contributed by atoms with Crippen LogP contribution in [0.3, 0.4) is 0 Å². The number of rotatable bonds is 4. The van der Waals surface area contributed by atoms with Crippen molar-refractivity contribution in [1.82, 2.24) is 5.32 Å². The van der Waals surface area contributed by atoms with E-state index in [4.69, 9.17) is 4.18 Å². The molecular formula is C16H15NO4S. The van der Waals surface area contributed by atoms with Crippen LogP contribution < -0.4 is 9.50 Å². The van der Waals surface area contributed by atoms with E-state index in [0.717, 1.165) is 5.56 Å². The van der Waals surface area contributed by atoms with E-state index in [1.54, 1.807) is 30.3 Å². The van der Waals surface area contributed by atoms with Crippen LogP contribution in [0.2, 0.25) is 0 Å². The third-order valence-electron chi connectivity index (χ3n) is 3.61. The lowest BCUT2D eigenvalue weighted by molar-refractivity contribution is -0.118. The fourth-order valence-electron chi connectivity index (χ4n) is 2.59. The van der Waals surface area contributed by atoms with Crippen molar-refractivity contribution in [2.24, 2.45) is 0 Å². The van der Waals surface area contributed by atoms with E-state index in [0.29, 0.717) is 0 Å². The molecule has 0 spiro atoms. The van der Waals surface area contributed by atoms with Crippen molar-refractivity contribution in [1.29, 1.82) is 0 Å². The van der Waals surface area contributed by atoms with Gasteiger partial charge in [0.2, 0.25) is 5.91 Å². The molecule has 2 unspecified atom stereocenters. The summed E-state index contributed by atoms with van der Waals surface area (Å²) in [6.07, 6.45) is 0. The quantitative estimate of drug-likeness (QED) is 0.871. The predicted octanol–water partition coefficient (Wildman–Crippen LogP) is 1.68. The Hall–Kier alpha value is -2.34. The maximum atomic E-state index is 12.5. The Kier molecular flexibility index (Phi) is 3.85. The van der Waals surface area contributed by atoms with Crippen LogP contribution in [-0.4, -0.2) is 26.1 Å². The summed E-state index contributed by atoms with van der Waals surface area (Å²) in [6, 6.07) is 17.3. The van der Waals surface area contributed by atoms with E-state index >= 15 is 0 Å². The largest absolute Gasteiger partial charge is 0.382 e. The van der Waals surface area contributed by atoms with Gasteiger partial charge in [-0.2, -0.15) is 8.42 Å². The van der Waals surface area contributed by atoms with Crippen LogP contribution >= 0.6 is 0 Å². The number of carbonyl (C=O) groups is 1. The molecule has 0 bridgehead atoms. The van der Waals surface area contributed by atoms with E-state index in [1.165, 1.54) is 0 Å². The monoisotopic (exact) mass is 317 g/mol. The van der Waals surface area contributed by atoms with Gasteiger partial charge in [0.25, 0.3) is 0 Å². The van der Waals surface area contributed by atoms with Gasteiger partial charge in [0.1, 0.15) is 5.75 Å². The number of benzene rings is 2. The number of carbonyl (C=O) groups excluding carboxylic acids is 1. The van der Waals surface area contributed by atoms with Gasteiger partial charge in [-0.3, -0.25) is 4.79 Å². The fraction of sp³-hybridized carbons (Fsp3) is 0.188. The van der Waals surface area contributed by atoms with Crippen molar-refractivity contribution < 1.29 is 17.4 Å². The first-order valence-corrected chi connectivity index (χ1v) is 8.36. The fourth-order valence-corrected chi connectivity index (χ4v) is 4.07. The molecular weight excluding hydrogens is 302 g/mol. The van der Waals surface area contributed by atoms with Crippen LogP contribution in [0.15, 0.2) is 60.7 Å². The molecule has 2 aromatic rings. The van der Waals surface area contributed by atoms with Crippen molar-refractivity contribution in [2.75, 3.05) is 6.54 Å². The zero-order valence-electron chi connectivity index (χ0n) is 11.7. The number of hydrogen-bond acceptors (Lipinski definition) is 4. The lowest BCUT2D eigenvalue weighted by Crippen LogP contribution is -2.36. The molecule has 1 fully saturated rings. The highest BCUT2D eigenvalue weighted by Crippen LogP contribution is 2.30. The van der Waals surface area contributed by atoms with Gasteiger partial charge in [-0.05, 0) is 17.7 Å². The standard InChI is InChI=1S/C16H15NO4S/c18-16-15(14(11-17-16)12-7-3-1-4-8-12)22(19,20)21-13-9-5-2-6-10-13/h1-10,14-15H,11H2,(H,17,18). The summed E-state index contributed by atoms with van der Waals surface area (Å²) < 4.78 is 30.1. The van der Waals surface area contributed by atoms with E-state index in [-0.39, 0.29) is 12.3 Å². The molecule has 1 amide bonds. The van der Waals surface area contributed by atoms with Gasteiger partial charge in [-0.1, -0.05) is 48.5 Å². The predicted molar refractivity (Wildman–Crippen MR) is 82.0 cm³/mol. The van der Waals surface area contributed by atoms with Crippen molar-refractivity contribution in [2.45, 2.75) is 11.2 Å². The SMILES string of the molecule is O=C1NCC(c2ccccc2)C1S(=O)(=O)Oc1ccccc1. The number of hydrogen-bond donors (Lipinski definition) is 1. The molecule has 0 saturated carbocycles. The van der Waals surface area contributed by atoms with Gasteiger partial charge in [0.05, 0.1) is 0 Å². The normalized spacial score (nSPS) is 21.4. The van der Waals surface area contributed by atoms with Crippen LogP contribution in [0.25, 0.3) is 0 Å². The smallest absolute Gasteiger partial charge is 0.322 e. The average Bonchev–Trinajstić information content (AvgIpc) is 2.91. The van der Waals surface area contributed by atoms with Gasteiger partial charge in [0, 0.05) is 12.5 Å². The first-order valence-electron chi connectivity index (χ1n) is 6.89. The lowest BCUT2D eigenvalue weighted by atomic mass is 9.98. The molecule has 1 N–H and O–H groups in total. The second kappa shape index (κ2) is 5.81. The molecule has 22 heavy (non-hydrogen) atoms. The van der Waals surface area contributed by atoms with Gasteiger partial charge in [-0.15, -0.1) is 0 Å². The Bertz CT molecular complexity index is 759. The zero-order valence-corrected chi connectivity index (χ0v) is 12.5. The van der Waals surface area contributed by atoms with Crippen LogP contribution in [0.5, 0.6) is 5.75 Å². The average molecular weight is 317 g/mol. The maximum Gasteiger partial charge on any atom is 0.322 e. The molecule has 6 heteroatoms. The second-order valence-corrected chi connectivity index (χ2v) is 6.73.